The molecule has 1 aliphatic carbocycles. The van der Waals surface area contributed by atoms with Crippen LogP contribution in [0.4, 0.5) is 0 Å². The van der Waals surface area contributed by atoms with Gasteiger partial charge in [-0.2, -0.15) is 0 Å². The molecule has 1 unspecified atom stereocenters. The Hall–Kier alpha value is -0.270. The van der Waals surface area contributed by atoms with E-state index < -0.39 is 0 Å². The van der Waals surface area contributed by atoms with Gasteiger partial charge in [0.15, 0.2) is 0 Å². The molecule has 0 aromatic heterocycles. The summed E-state index contributed by atoms with van der Waals surface area (Å²) in [5.41, 5.74) is 1.12. The van der Waals surface area contributed by atoms with Crippen LogP contribution in [0.1, 0.15) is 0 Å². The summed E-state index contributed by atoms with van der Waals surface area (Å²) < 4.78 is 4.78. The monoisotopic (exact) mass is 216 g/mol. The third kappa shape index (κ3) is 1.61. The zero-order valence-electron chi connectivity index (χ0n) is 5.13. The molecule has 0 aromatic carbocycles. The third-order valence-corrected chi connectivity index (χ3v) is 1.87. The van der Waals surface area contributed by atoms with Crippen LogP contribution >= 0.6 is 25.3 Å². The van der Waals surface area contributed by atoms with E-state index in [0.29, 0.717) is 11.4 Å². The standard InChI is InChI=1S/C6H6BrN2P/c7-4-1-2-5(8)6(3-4)9-10/h1-3,8H,10H2/b8-5?,9-6-. The van der Waals surface area contributed by atoms with Crippen LogP contribution in [0.2, 0.25) is 0 Å². The molecule has 0 bridgehead atoms. The lowest BCUT2D eigenvalue weighted by molar-refractivity contribution is 1.54. The van der Waals surface area contributed by atoms with E-state index >= 15 is 0 Å². The molecule has 1 atom stereocenters. The number of nitrogens with zero attached hydrogens (tertiary/aromatic N) is 1. The van der Waals surface area contributed by atoms with Crippen LogP contribution in [0, 0.1) is 5.41 Å². The number of rotatable bonds is 0. The maximum Gasteiger partial charge on any atom is 0.0872 e. The van der Waals surface area contributed by atoms with Gasteiger partial charge in [0, 0.05) is 4.48 Å². The van der Waals surface area contributed by atoms with Gasteiger partial charge in [0.05, 0.1) is 11.4 Å². The predicted molar refractivity (Wildman–Crippen MR) is 51.0 cm³/mol. The molecule has 0 heterocycles. The molecule has 0 radical (unpaired) electrons. The molecule has 0 amide bonds. The molecule has 0 aromatic rings. The van der Waals surface area contributed by atoms with Crippen LogP contribution < -0.4 is 0 Å². The maximum atomic E-state index is 7.34. The number of halogens is 1. The highest BCUT2D eigenvalue weighted by Crippen LogP contribution is 2.12. The lowest BCUT2D eigenvalue weighted by atomic mass is 10.1. The van der Waals surface area contributed by atoms with Gasteiger partial charge in [-0.3, -0.25) is 10.2 Å². The van der Waals surface area contributed by atoms with Crippen LogP contribution in [0.25, 0.3) is 0 Å². The molecule has 0 saturated carbocycles. The van der Waals surface area contributed by atoms with Gasteiger partial charge >= 0.3 is 0 Å². The van der Waals surface area contributed by atoms with Gasteiger partial charge in [0.1, 0.15) is 0 Å². The van der Waals surface area contributed by atoms with Crippen molar-refractivity contribution < 1.29 is 0 Å². The highest BCUT2D eigenvalue weighted by molar-refractivity contribution is 9.11. The Balaban J connectivity index is 2.99. The summed E-state index contributed by atoms with van der Waals surface area (Å²) in [5, 5.41) is 7.34. The fourth-order valence-corrected chi connectivity index (χ4v) is 1.17. The minimum Gasteiger partial charge on any atom is -0.299 e. The van der Waals surface area contributed by atoms with Gasteiger partial charge in [-0.15, -0.1) is 0 Å². The van der Waals surface area contributed by atoms with Crippen LogP contribution in [0.5, 0.6) is 0 Å². The van der Waals surface area contributed by atoms with Gasteiger partial charge < -0.3 is 0 Å². The fraction of sp³-hybridized carbons (Fsp3) is 0. The van der Waals surface area contributed by atoms with E-state index in [4.69, 9.17) is 5.41 Å². The molecule has 52 valence electrons. The van der Waals surface area contributed by atoms with Crippen molar-refractivity contribution in [1.82, 2.24) is 0 Å². The van der Waals surface area contributed by atoms with E-state index in [-0.39, 0.29) is 0 Å². The first-order valence-electron chi connectivity index (χ1n) is 2.66. The summed E-state index contributed by atoms with van der Waals surface area (Å²) >= 11 is 3.28. The molecule has 0 aliphatic heterocycles. The molecule has 1 N–H and O–H groups in total. The number of allylic oxidation sites excluding steroid dienone is 4. The topological polar surface area (TPSA) is 36.2 Å². The minimum absolute atomic E-state index is 0.443. The van der Waals surface area contributed by atoms with Gasteiger partial charge in [-0.05, 0) is 27.6 Å². The average molecular weight is 217 g/mol. The molecule has 4 heteroatoms. The zero-order chi connectivity index (χ0) is 7.56. The number of hydrogen-bond donors (Lipinski definition) is 1. The molecule has 10 heavy (non-hydrogen) atoms. The van der Waals surface area contributed by atoms with Crippen LogP contribution in [0.15, 0.2) is 27.5 Å². The zero-order valence-corrected chi connectivity index (χ0v) is 7.88. The summed E-state index contributed by atoms with van der Waals surface area (Å²) in [6, 6.07) is 0. The van der Waals surface area contributed by atoms with Gasteiger partial charge in [0.25, 0.3) is 0 Å². The second-order valence-corrected chi connectivity index (χ2v) is 2.96. The van der Waals surface area contributed by atoms with Crippen molar-refractivity contribution in [3.8, 4) is 0 Å². The van der Waals surface area contributed by atoms with Crippen molar-refractivity contribution in [3.63, 3.8) is 0 Å². The molecule has 0 saturated heterocycles. The highest BCUT2D eigenvalue weighted by atomic mass is 79.9. The quantitative estimate of drug-likeness (QED) is 0.476. The summed E-state index contributed by atoms with van der Waals surface area (Å²) in [6.45, 7) is 0. The molecular weight excluding hydrogens is 211 g/mol. The SMILES string of the molecule is N=C1C=CC(Br)=C/C1=N/P. The molecule has 2 nitrogen and oxygen atoms in total. The normalized spacial score (nSPS) is 21.6. The first-order valence-corrected chi connectivity index (χ1v) is 3.97. The Morgan fingerprint density at radius 1 is 1.50 bits per heavy atom. The van der Waals surface area contributed by atoms with Crippen molar-refractivity contribution in [3.05, 3.63) is 22.7 Å². The van der Waals surface area contributed by atoms with Crippen LogP contribution in [0.3, 0.4) is 0 Å². The van der Waals surface area contributed by atoms with E-state index in [9.17, 15) is 0 Å². The second-order valence-electron chi connectivity index (χ2n) is 1.79. The van der Waals surface area contributed by atoms with Gasteiger partial charge in [-0.1, -0.05) is 15.9 Å². The van der Waals surface area contributed by atoms with Crippen LogP contribution in [-0.2, 0) is 0 Å². The second kappa shape index (κ2) is 3.22. The summed E-state index contributed by atoms with van der Waals surface area (Å²) in [6.07, 6.45) is 5.32. The molecule has 1 rings (SSSR count). The van der Waals surface area contributed by atoms with Crippen molar-refractivity contribution in [2.24, 2.45) is 4.76 Å². The summed E-state index contributed by atoms with van der Waals surface area (Å²) in [4.78, 5) is 0. The summed E-state index contributed by atoms with van der Waals surface area (Å²) in [5.74, 6) is 0. The fourth-order valence-electron chi connectivity index (χ4n) is 0.612. The number of hydrogen-bond acceptors (Lipinski definition) is 2. The molecule has 0 spiro atoms. The molecular formula is C6H6BrN2P. The van der Waals surface area contributed by atoms with Crippen molar-refractivity contribution in [2.45, 2.75) is 0 Å². The van der Waals surface area contributed by atoms with E-state index in [1.807, 2.05) is 6.08 Å². The summed E-state index contributed by atoms with van der Waals surface area (Å²) in [7, 11) is 2.23. The minimum atomic E-state index is 0.443. The van der Waals surface area contributed by atoms with Gasteiger partial charge in [-0.25, -0.2) is 0 Å². The smallest absolute Gasteiger partial charge is 0.0872 e. The first-order chi connectivity index (χ1) is 4.74. The Labute approximate surface area is 70.0 Å². The largest absolute Gasteiger partial charge is 0.299 e. The van der Waals surface area contributed by atoms with E-state index in [1.54, 1.807) is 12.2 Å². The average Bonchev–Trinajstić information content (AvgIpc) is 1.94. The Morgan fingerprint density at radius 3 is 2.70 bits per heavy atom. The lowest BCUT2D eigenvalue weighted by Gasteiger charge is -2.02. The van der Waals surface area contributed by atoms with Crippen molar-refractivity contribution in [2.75, 3.05) is 0 Å². The third-order valence-electron chi connectivity index (χ3n) is 1.10. The van der Waals surface area contributed by atoms with Crippen molar-refractivity contribution >= 4 is 36.7 Å². The van der Waals surface area contributed by atoms with Gasteiger partial charge in [0.2, 0.25) is 0 Å². The van der Waals surface area contributed by atoms with E-state index in [0.717, 1.165) is 4.48 Å². The highest BCUT2D eigenvalue weighted by Gasteiger charge is 2.04. The molecule has 1 aliphatic rings. The first kappa shape index (κ1) is 7.83. The maximum absolute atomic E-state index is 7.34. The predicted octanol–water partition coefficient (Wildman–Crippen LogP) is 2.09. The Kier molecular flexibility index (Phi) is 2.52. The van der Waals surface area contributed by atoms with Crippen molar-refractivity contribution in [1.29, 1.82) is 5.41 Å². The molecule has 0 fully saturated rings. The lowest BCUT2D eigenvalue weighted by Crippen LogP contribution is -2.09. The Bertz CT molecular complexity index is 252. The van der Waals surface area contributed by atoms with Crippen LogP contribution in [-0.4, -0.2) is 11.4 Å². The number of nitrogens with one attached hydrogen (secondary N) is 1. The van der Waals surface area contributed by atoms with E-state index in [2.05, 4.69) is 30.1 Å². The van der Waals surface area contributed by atoms with E-state index in [1.165, 1.54) is 0 Å². The Morgan fingerprint density at radius 2 is 2.20 bits per heavy atom.